The van der Waals surface area contributed by atoms with Gasteiger partial charge in [-0.3, -0.25) is 0 Å². The molecule has 82 valence electrons. The van der Waals surface area contributed by atoms with Crippen molar-refractivity contribution in [1.82, 2.24) is 0 Å². The fourth-order valence-electron chi connectivity index (χ4n) is 1.44. The molecule has 1 aromatic heterocycles. The maximum absolute atomic E-state index is 2.38. The maximum atomic E-state index is 2.38. The van der Waals surface area contributed by atoms with Crippen LogP contribution in [0.3, 0.4) is 0 Å². The van der Waals surface area contributed by atoms with Gasteiger partial charge in [-0.15, -0.1) is 0 Å². The Balaban J connectivity index is 0.00000169. The first-order chi connectivity index (χ1) is 6.25. The van der Waals surface area contributed by atoms with Crippen LogP contribution in [0.1, 0.15) is 43.2 Å². The van der Waals surface area contributed by atoms with Gasteiger partial charge in [0.15, 0.2) is 5.69 Å². The summed E-state index contributed by atoms with van der Waals surface area (Å²) in [4.78, 5) is 1.45. The van der Waals surface area contributed by atoms with Gasteiger partial charge in [0.2, 0.25) is 5.51 Å². The summed E-state index contributed by atoms with van der Waals surface area (Å²) in [7, 11) is 0. The number of halogens is 1. The van der Waals surface area contributed by atoms with E-state index in [1.165, 1.54) is 42.8 Å². The molecule has 1 rings (SSSR count). The highest BCUT2D eigenvalue weighted by molar-refractivity contribution is 7.09. The Morgan fingerprint density at radius 1 is 1.21 bits per heavy atom. The van der Waals surface area contributed by atoms with Crippen molar-refractivity contribution in [2.75, 3.05) is 0 Å². The van der Waals surface area contributed by atoms with Gasteiger partial charge in [-0.25, -0.2) is 0 Å². The number of aryl methyl sites for hydroxylation is 2. The number of hydrogen-bond donors (Lipinski definition) is 0. The summed E-state index contributed by atoms with van der Waals surface area (Å²) in [6.45, 7) is 7.87. The van der Waals surface area contributed by atoms with Crippen LogP contribution in [0.15, 0.2) is 5.51 Å². The Kier molecular flexibility index (Phi) is 7.47. The molecular formula is C11H20BrNS. The fourth-order valence-corrected chi connectivity index (χ4v) is 2.28. The first kappa shape index (κ1) is 14.1. The third kappa shape index (κ3) is 4.09. The highest BCUT2D eigenvalue weighted by atomic mass is 79.9. The summed E-state index contributed by atoms with van der Waals surface area (Å²) in [5, 5.41) is 0. The smallest absolute Gasteiger partial charge is 0.225 e. The third-order valence-corrected chi connectivity index (χ3v) is 3.56. The minimum atomic E-state index is 0. The average molecular weight is 278 g/mol. The molecule has 0 amide bonds. The molecule has 0 bridgehead atoms. The molecule has 1 heterocycles. The largest absolute Gasteiger partial charge is 1.00 e. The van der Waals surface area contributed by atoms with Gasteiger partial charge < -0.3 is 17.0 Å². The van der Waals surface area contributed by atoms with Crippen LogP contribution in [0.2, 0.25) is 0 Å². The second-order valence-electron chi connectivity index (χ2n) is 3.62. The van der Waals surface area contributed by atoms with Crippen molar-refractivity contribution in [2.45, 2.75) is 53.0 Å². The maximum Gasteiger partial charge on any atom is 0.225 e. The lowest BCUT2D eigenvalue weighted by molar-refractivity contribution is -0.698. The van der Waals surface area contributed by atoms with Gasteiger partial charge in [0.1, 0.15) is 6.54 Å². The summed E-state index contributed by atoms with van der Waals surface area (Å²) in [5.41, 5.74) is 3.69. The first-order valence-electron chi connectivity index (χ1n) is 5.19. The van der Waals surface area contributed by atoms with E-state index in [0.717, 1.165) is 0 Å². The fraction of sp³-hybridized carbons (Fsp3) is 0.727. The molecule has 1 nitrogen and oxygen atoms in total. The second kappa shape index (κ2) is 7.41. The zero-order valence-corrected chi connectivity index (χ0v) is 11.7. The standard InChI is InChI=1S/C11H20NS.BrH/c1-4-5-6-7-8-12-9-13-11(3)10(12)2;/h9H,4-8H2,1-3H3;1H/q+1;/p-1. The molecular weight excluding hydrogens is 258 g/mol. The van der Waals surface area contributed by atoms with E-state index in [0.29, 0.717) is 0 Å². The molecule has 1 aromatic rings. The Morgan fingerprint density at radius 2 is 1.93 bits per heavy atom. The number of unbranched alkanes of at least 4 members (excludes halogenated alkanes) is 3. The van der Waals surface area contributed by atoms with Crippen LogP contribution < -0.4 is 21.5 Å². The zero-order chi connectivity index (χ0) is 9.68. The van der Waals surface area contributed by atoms with Crippen LogP contribution in [-0.4, -0.2) is 0 Å². The molecule has 0 aliphatic heterocycles. The van der Waals surface area contributed by atoms with E-state index in [9.17, 15) is 0 Å². The Labute approximate surface area is 102 Å². The molecule has 0 saturated heterocycles. The van der Waals surface area contributed by atoms with Crippen molar-refractivity contribution in [3.8, 4) is 0 Å². The van der Waals surface area contributed by atoms with Crippen molar-refractivity contribution in [3.63, 3.8) is 0 Å². The number of nitrogens with zero attached hydrogens (tertiary/aromatic N) is 1. The summed E-state index contributed by atoms with van der Waals surface area (Å²) in [6, 6.07) is 0. The SMILES string of the molecule is CCCCCC[n+]1csc(C)c1C.[Br-]. The first-order valence-corrected chi connectivity index (χ1v) is 6.07. The van der Waals surface area contributed by atoms with Gasteiger partial charge >= 0.3 is 0 Å². The molecule has 0 radical (unpaired) electrons. The van der Waals surface area contributed by atoms with Gasteiger partial charge in [0.25, 0.3) is 0 Å². The predicted octanol–water partition coefficient (Wildman–Crippen LogP) is 0.237. The molecule has 0 aliphatic rings. The van der Waals surface area contributed by atoms with E-state index in [1.54, 1.807) is 0 Å². The number of hydrogen-bond acceptors (Lipinski definition) is 1. The van der Waals surface area contributed by atoms with Gasteiger partial charge in [-0.1, -0.05) is 31.1 Å². The molecule has 0 N–H and O–H groups in total. The second-order valence-corrected chi connectivity index (χ2v) is 4.68. The number of aromatic nitrogens is 1. The molecule has 0 saturated carbocycles. The molecule has 0 aromatic carbocycles. The van der Waals surface area contributed by atoms with E-state index in [-0.39, 0.29) is 17.0 Å². The predicted molar refractivity (Wildman–Crippen MR) is 58.1 cm³/mol. The van der Waals surface area contributed by atoms with E-state index < -0.39 is 0 Å². The van der Waals surface area contributed by atoms with Gasteiger partial charge in [0.05, 0.1) is 4.88 Å². The normalized spacial score (nSPS) is 9.93. The van der Waals surface area contributed by atoms with Crippen molar-refractivity contribution < 1.29 is 21.5 Å². The lowest BCUT2D eigenvalue weighted by Gasteiger charge is -1.95. The Bertz CT molecular complexity index is 258. The van der Waals surface area contributed by atoms with Crippen molar-refractivity contribution in [3.05, 3.63) is 16.1 Å². The van der Waals surface area contributed by atoms with Crippen LogP contribution in [0.5, 0.6) is 0 Å². The molecule has 0 unspecified atom stereocenters. The quantitative estimate of drug-likeness (QED) is 0.536. The van der Waals surface area contributed by atoms with Crippen molar-refractivity contribution in [1.29, 1.82) is 0 Å². The molecule has 14 heavy (non-hydrogen) atoms. The van der Waals surface area contributed by atoms with Crippen LogP contribution in [0.25, 0.3) is 0 Å². The molecule has 0 fully saturated rings. The monoisotopic (exact) mass is 277 g/mol. The highest BCUT2D eigenvalue weighted by Crippen LogP contribution is 2.08. The number of thiazole rings is 1. The lowest BCUT2D eigenvalue weighted by Crippen LogP contribution is -3.00. The van der Waals surface area contributed by atoms with Crippen LogP contribution in [0, 0.1) is 13.8 Å². The van der Waals surface area contributed by atoms with Gasteiger partial charge in [-0.05, 0) is 13.3 Å². The summed E-state index contributed by atoms with van der Waals surface area (Å²) in [5.74, 6) is 0. The summed E-state index contributed by atoms with van der Waals surface area (Å²) < 4.78 is 2.38. The average Bonchev–Trinajstić information content (AvgIpc) is 2.43. The highest BCUT2D eigenvalue weighted by Gasteiger charge is 2.10. The summed E-state index contributed by atoms with van der Waals surface area (Å²) >= 11 is 1.86. The van der Waals surface area contributed by atoms with E-state index in [4.69, 9.17) is 0 Å². The minimum absolute atomic E-state index is 0. The van der Waals surface area contributed by atoms with Gasteiger partial charge in [-0.2, -0.15) is 4.57 Å². The summed E-state index contributed by atoms with van der Waals surface area (Å²) in [6.07, 6.45) is 5.41. The van der Waals surface area contributed by atoms with E-state index in [2.05, 4.69) is 30.8 Å². The van der Waals surface area contributed by atoms with Crippen molar-refractivity contribution >= 4 is 11.3 Å². The molecule has 0 aliphatic carbocycles. The minimum Gasteiger partial charge on any atom is -1.00 e. The van der Waals surface area contributed by atoms with Crippen LogP contribution >= 0.6 is 11.3 Å². The topological polar surface area (TPSA) is 3.88 Å². The van der Waals surface area contributed by atoms with Crippen molar-refractivity contribution in [2.24, 2.45) is 0 Å². The molecule has 3 heteroatoms. The van der Waals surface area contributed by atoms with E-state index in [1.807, 2.05) is 11.3 Å². The Morgan fingerprint density at radius 3 is 2.43 bits per heavy atom. The zero-order valence-electron chi connectivity index (χ0n) is 9.35. The molecule has 0 spiro atoms. The Hall–Kier alpha value is 0.110. The van der Waals surface area contributed by atoms with Crippen LogP contribution in [-0.2, 0) is 6.54 Å². The third-order valence-electron chi connectivity index (χ3n) is 2.55. The van der Waals surface area contributed by atoms with E-state index >= 15 is 0 Å². The lowest BCUT2D eigenvalue weighted by atomic mass is 10.2. The number of rotatable bonds is 5. The molecule has 0 atom stereocenters. The van der Waals surface area contributed by atoms with Gasteiger partial charge in [0, 0.05) is 13.3 Å². The van der Waals surface area contributed by atoms with Crippen LogP contribution in [0.4, 0.5) is 0 Å².